The van der Waals surface area contributed by atoms with Crippen molar-refractivity contribution >= 4 is 6.21 Å². The van der Waals surface area contributed by atoms with Crippen LogP contribution in [0.5, 0.6) is 0 Å². The summed E-state index contributed by atoms with van der Waals surface area (Å²) < 4.78 is 0. The van der Waals surface area contributed by atoms with Gasteiger partial charge in [0.15, 0.2) is 0 Å². The van der Waals surface area contributed by atoms with Crippen LogP contribution in [0, 0.1) is 0 Å². The van der Waals surface area contributed by atoms with Gasteiger partial charge in [0.2, 0.25) is 0 Å². The molecule has 0 heterocycles. The van der Waals surface area contributed by atoms with E-state index < -0.39 is 0 Å². The minimum absolute atomic E-state index is 0.996. The average Bonchev–Trinajstić information content (AvgIpc) is 1.89. The van der Waals surface area contributed by atoms with Crippen LogP contribution in [0.25, 0.3) is 0 Å². The van der Waals surface area contributed by atoms with Crippen molar-refractivity contribution in [2.45, 2.75) is 20.3 Å². The van der Waals surface area contributed by atoms with Gasteiger partial charge in [-0.15, -0.1) is 0 Å². The van der Waals surface area contributed by atoms with Crippen molar-refractivity contribution < 1.29 is 0 Å². The SMILES string of the molecule is C=C(/C=C\N=C/C)CC. The lowest BCUT2D eigenvalue weighted by Gasteiger charge is -1.86. The number of hydrogen-bond donors (Lipinski definition) is 0. The highest BCUT2D eigenvalue weighted by Gasteiger charge is 1.76. The third-order valence-electron chi connectivity index (χ3n) is 0.999. The lowest BCUT2D eigenvalue weighted by Crippen LogP contribution is -1.66. The van der Waals surface area contributed by atoms with Crippen LogP contribution in [-0.4, -0.2) is 6.21 Å². The number of allylic oxidation sites excluding steroid dienone is 2. The van der Waals surface area contributed by atoms with Gasteiger partial charge in [0.25, 0.3) is 0 Å². The average molecular weight is 123 g/mol. The summed E-state index contributed by atoms with van der Waals surface area (Å²) in [5.41, 5.74) is 1.11. The first-order chi connectivity index (χ1) is 4.31. The van der Waals surface area contributed by atoms with Crippen LogP contribution in [0.4, 0.5) is 0 Å². The maximum absolute atomic E-state index is 3.89. The van der Waals surface area contributed by atoms with Crippen molar-refractivity contribution in [1.29, 1.82) is 0 Å². The molecule has 0 aromatic carbocycles. The van der Waals surface area contributed by atoms with Crippen molar-refractivity contribution in [3.63, 3.8) is 0 Å². The standard InChI is InChI=1S/C8H13N/c1-4-8(3)6-7-9-5-2/h5-7H,3-4H2,1-2H3/b7-6-,9-5-. The summed E-state index contributed by atoms with van der Waals surface area (Å²) in [5, 5.41) is 0. The molecule has 0 aromatic rings. The molecule has 50 valence electrons. The monoisotopic (exact) mass is 123 g/mol. The van der Waals surface area contributed by atoms with Gasteiger partial charge in [-0.2, -0.15) is 0 Å². The third-order valence-corrected chi connectivity index (χ3v) is 0.999. The summed E-state index contributed by atoms with van der Waals surface area (Å²) in [6.07, 6.45) is 6.42. The summed E-state index contributed by atoms with van der Waals surface area (Å²) in [4.78, 5) is 3.89. The third kappa shape index (κ3) is 5.01. The molecular weight excluding hydrogens is 110 g/mol. The summed E-state index contributed by atoms with van der Waals surface area (Å²) in [6.45, 7) is 7.74. The second-order valence-electron chi connectivity index (χ2n) is 1.73. The fourth-order valence-corrected chi connectivity index (χ4v) is 0.352. The molecule has 0 saturated carbocycles. The van der Waals surface area contributed by atoms with Crippen LogP contribution >= 0.6 is 0 Å². The Kier molecular flexibility index (Phi) is 4.79. The zero-order valence-corrected chi connectivity index (χ0v) is 6.09. The van der Waals surface area contributed by atoms with Crippen LogP contribution < -0.4 is 0 Å². The van der Waals surface area contributed by atoms with Crippen LogP contribution in [-0.2, 0) is 0 Å². The summed E-state index contributed by atoms with van der Waals surface area (Å²) in [5.74, 6) is 0. The van der Waals surface area contributed by atoms with Gasteiger partial charge >= 0.3 is 0 Å². The molecule has 0 bridgehead atoms. The van der Waals surface area contributed by atoms with E-state index in [1.807, 2.05) is 13.0 Å². The Hall–Kier alpha value is -0.850. The van der Waals surface area contributed by atoms with E-state index in [9.17, 15) is 0 Å². The van der Waals surface area contributed by atoms with Crippen molar-refractivity contribution in [2.75, 3.05) is 0 Å². The van der Waals surface area contributed by atoms with Gasteiger partial charge in [0.1, 0.15) is 0 Å². The van der Waals surface area contributed by atoms with Gasteiger partial charge in [0, 0.05) is 12.4 Å². The van der Waals surface area contributed by atoms with E-state index in [1.165, 1.54) is 0 Å². The molecule has 1 heteroatoms. The Morgan fingerprint density at radius 1 is 1.67 bits per heavy atom. The highest BCUT2D eigenvalue weighted by molar-refractivity contribution is 5.54. The minimum atomic E-state index is 0.996. The van der Waals surface area contributed by atoms with E-state index >= 15 is 0 Å². The first-order valence-corrected chi connectivity index (χ1v) is 3.13. The van der Waals surface area contributed by atoms with Crippen molar-refractivity contribution in [3.8, 4) is 0 Å². The second kappa shape index (κ2) is 5.29. The normalized spacial score (nSPS) is 11.3. The Morgan fingerprint density at radius 3 is 2.78 bits per heavy atom. The Labute approximate surface area is 56.8 Å². The molecule has 9 heavy (non-hydrogen) atoms. The topological polar surface area (TPSA) is 12.4 Å². The molecular formula is C8H13N. The molecule has 0 aromatic heterocycles. The lowest BCUT2D eigenvalue weighted by atomic mass is 10.2. The molecule has 0 atom stereocenters. The first kappa shape index (κ1) is 8.15. The van der Waals surface area contributed by atoms with Crippen LogP contribution in [0.3, 0.4) is 0 Å². The first-order valence-electron chi connectivity index (χ1n) is 3.13. The van der Waals surface area contributed by atoms with E-state index in [2.05, 4.69) is 18.5 Å². The Balaban J connectivity index is 3.57. The van der Waals surface area contributed by atoms with E-state index in [4.69, 9.17) is 0 Å². The van der Waals surface area contributed by atoms with Gasteiger partial charge in [0.05, 0.1) is 0 Å². The summed E-state index contributed by atoms with van der Waals surface area (Å²) >= 11 is 0. The predicted molar refractivity (Wildman–Crippen MR) is 42.7 cm³/mol. The molecule has 0 spiro atoms. The van der Waals surface area contributed by atoms with Crippen molar-refractivity contribution in [3.05, 3.63) is 24.4 Å². The Morgan fingerprint density at radius 2 is 2.33 bits per heavy atom. The minimum Gasteiger partial charge on any atom is -0.269 e. The quantitative estimate of drug-likeness (QED) is 0.404. The molecule has 0 saturated heterocycles. The van der Waals surface area contributed by atoms with Gasteiger partial charge in [-0.25, -0.2) is 0 Å². The van der Waals surface area contributed by atoms with Crippen LogP contribution in [0.2, 0.25) is 0 Å². The van der Waals surface area contributed by atoms with Gasteiger partial charge in [-0.3, -0.25) is 4.99 Å². The molecule has 0 aliphatic heterocycles. The zero-order valence-electron chi connectivity index (χ0n) is 6.09. The van der Waals surface area contributed by atoms with E-state index in [1.54, 1.807) is 12.4 Å². The molecule has 1 nitrogen and oxygen atoms in total. The predicted octanol–water partition coefficient (Wildman–Crippen LogP) is 2.56. The van der Waals surface area contributed by atoms with Crippen molar-refractivity contribution in [2.24, 2.45) is 4.99 Å². The fourth-order valence-electron chi connectivity index (χ4n) is 0.352. The largest absolute Gasteiger partial charge is 0.269 e. The van der Waals surface area contributed by atoms with Crippen molar-refractivity contribution in [1.82, 2.24) is 0 Å². The number of aliphatic imine (C=N–C) groups is 1. The lowest BCUT2D eigenvalue weighted by molar-refractivity contribution is 1.16. The highest BCUT2D eigenvalue weighted by atomic mass is 14.6. The fraction of sp³-hybridized carbons (Fsp3) is 0.375. The molecule has 0 aliphatic rings. The van der Waals surface area contributed by atoms with E-state index in [0.717, 1.165) is 12.0 Å². The number of rotatable bonds is 3. The second-order valence-corrected chi connectivity index (χ2v) is 1.73. The van der Waals surface area contributed by atoms with Crippen LogP contribution in [0.1, 0.15) is 20.3 Å². The molecule has 0 amide bonds. The summed E-state index contributed by atoms with van der Waals surface area (Å²) in [7, 11) is 0. The van der Waals surface area contributed by atoms with Gasteiger partial charge < -0.3 is 0 Å². The highest BCUT2D eigenvalue weighted by Crippen LogP contribution is 1.96. The van der Waals surface area contributed by atoms with E-state index in [-0.39, 0.29) is 0 Å². The smallest absolute Gasteiger partial charge is 0.0266 e. The molecule has 0 unspecified atom stereocenters. The zero-order chi connectivity index (χ0) is 7.11. The Bertz CT molecular complexity index is 132. The molecule has 0 rings (SSSR count). The number of hydrogen-bond acceptors (Lipinski definition) is 1. The van der Waals surface area contributed by atoms with Crippen LogP contribution in [0.15, 0.2) is 29.4 Å². The van der Waals surface area contributed by atoms with Gasteiger partial charge in [-0.05, 0) is 19.4 Å². The molecule has 0 aliphatic carbocycles. The molecule has 0 fully saturated rings. The number of nitrogens with zero attached hydrogens (tertiary/aromatic N) is 1. The summed E-state index contributed by atoms with van der Waals surface area (Å²) in [6, 6.07) is 0. The molecule has 0 radical (unpaired) electrons. The maximum atomic E-state index is 3.89. The maximum Gasteiger partial charge on any atom is 0.0266 e. The van der Waals surface area contributed by atoms with E-state index in [0.29, 0.717) is 0 Å². The molecule has 0 N–H and O–H groups in total. The van der Waals surface area contributed by atoms with Gasteiger partial charge in [-0.1, -0.05) is 19.1 Å².